The fourth-order valence-electron chi connectivity index (χ4n) is 0.110. The summed E-state index contributed by atoms with van der Waals surface area (Å²) in [6.45, 7) is 1.22. The monoisotopic (exact) mass is 117 g/mol. The third-order valence-corrected chi connectivity index (χ3v) is 0.705. The van der Waals surface area contributed by atoms with Gasteiger partial charge in [0.2, 0.25) is 0 Å². The average Bonchev–Trinajstić information content (AvgIpc) is 1.64. The molecule has 0 bridgehead atoms. The number of aliphatic hydroxyl groups excluding tert-OH is 1. The summed E-state index contributed by atoms with van der Waals surface area (Å²) in [5.41, 5.74) is 4.46. The molecule has 0 amide bonds. The minimum absolute atomic E-state index is 0.231. The Hall–Kier alpha value is -1.19. The average molecular weight is 117 g/mol. The van der Waals surface area contributed by atoms with Gasteiger partial charge in [0.15, 0.2) is 5.88 Å². The number of carboxylic acid groups (broad SMARTS) is 1. The first-order chi connectivity index (χ1) is 3.55. The first-order valence-electron chi connectivity index (χ1n) is 1.94. The van der Waals surface area contributed by atoms with Gasteiger partial charge >= 0.3 is 5.97 Å². The largest absolute Gasteiger partial charge is 0.495 e. The standard InChI is InChI=1S/C4H7NO3/c1-2(3(5)6)4(7)8/h6H,5H2,1H3,(H,7,8). The van der Waals surface area contributed by atoms with E-state index in [1.54, 1.807) is 0 Å². The molecule has 0 radical (unpaired) electrons. The molecule has 0 aromatic rings. The van der Waals surface area contributed by atoms with Gasteiger partial charge in [0.1, 0.15) is 0 Å². The molecule has 0 fully saturated rings. The van der Waals surface area contributed by atoms with Gasteiger partial charge in [-0.25, -0.2) is 4.79 Å². The quantitative estimate of drug-likeness (QED) is 0.328. The van der Waals surface area contributed by atoms with Crippen LogP contribution in [-0.4, -0.2) is 16.2 Å². The van der Waals surface area contributed by atoms with Gasteiger partial charge in [-0.1, -0.05) is 0 Å². The highest BCUT2D eigenvalue weighted by Gasteiger charge is 2.02. The van der Waals surface area contributed by atoms with E-state index >= 15 is 0 Å². The van der Waals surface area contributed by atoms with Crippen LogP contribution in [0, 0.1) is 0 Å². The SMILES string of the molecule is CC(C(=O)O)=C(N)O. The molecule has 0 aliphatic heterocycles. The van der Waals surface area contributed by atoms with E-state index in [0.29, 0.717) is 0 Å². The highest BCUT2D eigenvalue weighted by atomic mass is 16.4. The Balaban J connectivity index is 4.23. The van der Waals surface area contributed by atoms with Crippen LogP contribution in [0.15, 0.2) is 11.5 Å². The molecule has 0 saturated carbocycles. The second-order valence-electron chi connectivity index (χ2n) is 1.32. The smallest absolute Gasteiger partial charge is 0.336 e. The number of aliphatic carboxylic acids is 1. The number of carboxylic acids is 1. The molecule has 0 rings (SSSR count). The van der Waals surface area contributed by atoms with Gasteiger partial charge < -0.3 is 15.9 Å². The maximum Gasteiger partial charge on any atom is 0.336 e. The van der Waals surface area contributed by atoms with E-state index in [4.69, 9.17) is 15.9 Å². The third-order valence-electron chi connectivity index (χ3n) is 0.705. The van der Waals surface area contributed by atoms with Gasteiger partial charge in [-0.05, 0) is 6.92 Å². The summed E-state index contributed by atoms with van der Waals surface area (Å²) >= 11 is 0. The fourth-order valence-corrected chi connectivity index (χ4v) is 0.110. The fraction of sp³-hybridized carbons (Fsp3) is 0.250. The topological polar surface area (TPSA) is 83.5 Å². The van der Waals surface area contributed by atoms with Crippen LogP contribution in [0.3, 0.4) is 0 Å². The van der Waals surface area contributed by atoms with Crippen molar-refractivity contribution in [2.75, 3.05) is 0 Å². The van der Waals surface area contributed by atoms with E-state index in [1.807, 2.05) is 0 Å². The molecule has 0 aliphatic carbocycles. The number of rotatable bonds is 1. The van der Waals surface area contributed by atoms with Crippen LogP contribution >= 0.6 is 0 Å². The lowest BCUT2D eigenvalue weighted by atomic mass is 10.3. The zero-order valence-electron chi connectivity index (χ0n) is 4.38. The number of aliphatic hydroxyl groups is 1. The van der Waals surface area contributed by atoms with Gasteiger partial charge in [-0.15, -0.1) is 0 Å². The number of hydrogen-bond donors (Lipinski definition) is 3. The molecule has 8 heavy (non-hydrogen) atoms. The van der Waals surface area contributed by atoms with Crippen LogP contribution in [0.1, 0.15) is 6.92 Å². The number of carbonyl (C=O) groups is 1. The van der Waals surface area contributed by atoms with E-state index in [2.05, 4.69) is 0 Å². The van der Waals surface area contributed by atoms with E-state index in [-0.39, 0.29) is 5.57 Å². The van der Waals surface area contributed by atoms with Gasteiger partial charge in [-0.3, -0.25) is 0 Å². The molecule has 4 heteroatoms. The predicted octanol–water partition coefficient (Wildman–Crippen LogP) is -0.181. The minimum atomic E-state index is -1.20. The molecule has 0 saturated heterocycles. The minimum Gasteiger partial charge on any atom is -0.495 e. The van der Waals surface area contributed by atoms with E-state index in [0.717, 1.165) is 0 Å². The first kappa shape index (κ1) is 6.81. The van der Waals surface area contributed by atoms with Gasteiger partial charge in [0.25, 0.3) is 0 Å². The molecule has 4 nitrogen and oxygen atoms in total. The molecule has 0 aromatic heterocycles. The third kappa shape index (κ3) is 1.51. The molecule has 46 valence electrons. The van der Waals surface area contributed by atoms with E-state index in [1.165, 1.54) is 6.92 Å². The Kier molecular flexibility index (Phi) is 1.88. The van der Waals surface area contributed by atoms with Crippen LogP contribution in [0.4, 0.5) is 0 Å². The number of nitrogens with two attached hydrogens (primary N) is 1. The summed E-state index contributed by atoms with van der Waals surface area (Å²) in [5, 5.41) is 16.3. The second kappa shape index (κ2) is 2.20. The molecule has 0 aliphatic rings. The van der Waals surface area contributed by atoms with Crippen molar-refractivity contribution in [1.82, 2.24) is 0 Å². The summed E-state index contributed by atoms with van der Waals surface area (Å²) in [5.74, 6) is -1.84. The highest BCUT2D eigenvalue weighted by molar-refractivity contribution is 5.86. The summed E-state index contributed by atoms with van der Waals surface area (Å²) in [7, 11) is 0. The Morgan fingerprint density at radius 3 is 1.88 bits per heavy atom. The van der Waals surface area contributed by atoms with Crippen LogP contribution in [0.25, 0.3) is 0 Å². The maximum absolute atomic E-state index is 9.84. The van der Waals surface area contributed by atoms with E-state index < -0.39 is 11.9 Å². The lowest BCUT2D eigenvalue weighted by molar-refractivity contribution is -0.132. The molecular formula is C4H7NO3. The zero-order chi connectivity index (χ0) is 6.73. The molecule has 0 spiro atoms. The van der Waals surface area contributed by atoms with E-state index in [9.17, 15) is 4.79 Å². The molecule has 4 N–H and O–H groups in total. The summed E-state index contributed by atoms with van der Waals surface area (Å²) < 4.78 is 0. The number of hydrogen-bond acceptors (Lipinski definition) is 3. The molecule has 0 heterocycles. The summed E-state index contributed by atoms with van der Waals surface area (Å²) in [4.78, 5) is 9.84. The van der Waals surface area contributed by atoms with Crippen LogP contribution < -0.4 is 5.73 Å². The Bertz CT molecular complexity index is 134. The van der Waals surface area contributed by atoms with Gasteiger partial charge in [-0.2, -0.15) is 0 Å². The van der Waals surface area contributed by atoms with Crippen molar-refractivity contribution in [3.05, 3.63) is 11.5 Å². The zero-order valence-corrected chi connectivity index (χ0v) is 4.38. The van der Waals surface area contributed by atoms with Crippen molar-refractivity contribution in [3.8, 4) is 0 Å². The van der Waals surface area contributed by atoms with Crippen molar-refractivity contribution in [2.45, 2.75) is 6.92 Å². The molecule has 0 atom stereocenters. The van der Waals surface area contributed by atoms with Crippen molar-refractivity contribution in [2.24, 2.45) is 5.73 Å². The summed E-state index contributed by atoms with van der Waals surface area (Å²) in [6, 6.07) is 0. The first-order valence-corrected chi connectivity index (χ1v) is 1.94. The van der Waals surface area contributed by atoms with Gasteiger partial charge in [0.05, 0.1) is 5.57 Å². The van der Waals surface area contributed by atoms with Crippen molar-refractivity contribution < 1.29 is 15.0 Å². The van der Waals surface area contributed by atoms with Crippen molar-refractivity contribution in [1.29, 1.82) is 0 Å². The van der Waals surface area contributed by atoms with Gasteiger partial charge in [0, 0.05) is 0 Å². The molecular weight excluding hydrogens is 110 g/mol. The van der Waals surface area contributed by atoms with Crippen LogP contribution in [-0.2, 0) is 4.79 Å². The molecule has 0 aromatic carbocycles. The Labute approximate surface area is 46.2 Å². The highest BCUT2D eigenvalue weighted by Crippen LogP contribution is 1.91. The Morgan fingerprint density at radius 2 is 1.88 bits per heavy atom. The summed E-state index contributed by atoms with van der Waals surface area (Å²) in [6.07, 6.45) is 0. The predicted molar refractivity (Wildman–Crippen MR) is 27.2 cm³/mol. The Morgan fingerprint density at radius 1 is 1.50 bits per heavy atom. The lowest BCUT2D eigenvalue weighted by Crippen LogP contribution is -2.06. The van der Waals surface area contributed by atoms with Crippen molar-refractivity contribution in [3.63, 3.8) is 0 Å². The van der Waals surface area contributed by atoms with Crippen LogP contribution in [0.2, 0.25) is 0 Å². The normalized spacial score (nSPS) is 12.6. The van der Waals surface area contributed by atoms with Crippen LogP contribution in [0.5, 0.6) is 0 Å². The second-order valence-corrected chi connectivity index (χ2v) is 1.32. The lowest BCUT2D eigenvalue weighted by Gasteiger charge is -1.91. The van der Waals surface area contributed by atoms with Crippen molar-refractivity contribution >= 4 is 5.97 Å². The maximum atomic E-state index is 9.84. The molecule has 0 unspecified atom stereocenters.